The Kier molecular flexibility index (Phi) is 3.81. The smallest absolute Gasteiger partial charge is 0.389 e. The molecule has 1 amide bonds. The van der Waals surface area contributed by atoms with Crippen LogP contribution in [-0.2, 0) is 0 Å². The van der Waals surface area contributed by atoms with Crippen LogP contribution in [0.2, 0.25) is 0 Å². The summed E-state index contributed by atoms with van der Waals surface area (Å²) in [5.74, 6) is -0.459. The zero-order valence-corrected chi connectivity index (χ0v) is 8.40. The van der Waals surface area contributed by atoms with Crippen molar-refractivity contribution in [1.82, 2.24) is 10.3 Å². The van der Waals surface area contributed by atoms with Gasteiger partial charge in [0.15, 0.2) is 0 Å². The molecule has 0 saturated heterocycles. The quantitative estimate of drug-likeness (QED) is 0.694. The van der Waals surface area contributed by atoms with Gasteiger partial charge in [0, 0.05) is 24.8 Å². The molecular formula is C9H12F3N3O. The average molecular weight is 235 g/mol. The highest BCUT2D eigenvalue weighted by atomic mass is 19.4. The fraction of sp³-hybridized carbons (Fsp3) is 0.444. The van der Waals surface area contributed by atoms with Crippen LogP contribution in [0.25, 0.3) is 0 Å². The molecule has 0 atom stereocenters. The number of alkyl halides is 3. The number of hydrogen-bond acceptors (Lipinski definition) is 2. The van der Waals surface area contributed by atoms with E-state index in [0.29, 0.717) is 5.69 Å². The Hall–Kier alpha value is -1.66. The van der Waals surface area contributed by atoms with Crippen LogP contribution < -0.4 is 11.1 Å². The third-order valence-corrected chi connectivity index (χ3v) is 1.87. The lowest BCUT2D eigenvalue weighted by Gasteiger charge is -2.06. The van der Waals surface area contributed by atoms with E-state index in [-0.39, 0.29) is 18.7 Å². The van der Waals surface area contributed by atoms with Gasteiger partial charge in [0.05, 0.1) is 0 Å². The Morgan fingerprint density at radius 1 is 1.50 bits per heavy atom. The minimum absolute atomic E-state index is 0.0166. The standard InChI is InChI=1S/C9H12F3N3O/c10-9(11,12)2-1-3-14-8(16)7-4-6(13)5-15-7/h4-5,15H,1-3,13H2,(H,14,16). The van der Waals surface area contributed by atoms with E-state index in [1.54, 1.807) is 0 Å². The third-order valence-electron chi connectivity index (χ3n) is 1.87. The van der Waals surface area contributed by atoms with E-state index >= 15 is 0 Å². The van der Waals surface area contributed by atoms with Crippen LogP contribution >= 0.6 is 0 Å². The predicted molar refractivity (Wildman–Crippen MR) is 52.8 cm³/mol. The Morgan fingerprint density at radius 2 is 2.19 bits per heavy atom. The van der Waals surface area contributed by atoms with E-state index in [1.807, 2.05) is 0 Å². The average Bonchev–Trinajstić information content (AvgIpc) is 2.57. The molecule has 0 aliphatic heterocycles. The Balaban J connectivity index is 2.26. The second-order valence-electron chi connectivity index (χ2n) is 3.32. The molecule has 0 aliphatic carbocycles. The number of H-pyrrole nitrogens is 1. The number of nitrogens with one attached hydrogen (secondary N) is 2. The SMILES string of the molecule is Nc1c[nH]c(C(=O)NCCCC(F)(F)F)c1. The minimum Gasteiger partial charge on any atom is -0.397 e. The summed E-state index contributed by atoms with van der Waals surface area (Å²) in [6.07, 6.45) is -3.78. The lowest BCUT2D eigenvalue weighted by Crippen LogP contribution is -2.25. The van der Waals surface area contributed by atoms with Crippen molar-refractivity contribution in [3.05, 3.63) is 18.0 Å². The number of hydrogen-bond donors (Lipinski definition) is 3. The maximum atomic E-state index is 11.8. The summed E-state index contributed by atoms with van der Waals surface area (Å²) in [4.78, 5) is 13.9. The topological polar surface area (TPSA) is 70.9 Å². The molecule has 90 valence electrons. The van der Waals surface area contributed by atoms with Crippen molar-refractivity contribution < 1.29 is 18.0 Å². The van der Waals surface area contributed by atoms with Crippen LogP contribution in [0.3, 0.4) is 0 Å². The van der Waals surface area contributed by atoms with Gasteiger partial charge in [-0.25, -0.2) is 0 Å². The zero-order chi connectivity index (χ0) is 12.2. The number of carbonyl (C=O) groups is 1. The number of amides is 1. The number of carbonyl (C=O) groups excluding carboxylic acids is 1. The van der Waals surface area contributed by atoms with Crippen molar-refractivity contribution in [1.29, 1.82) is 0 Å². The lowest BCUT2D eigenvalue weighted by atomic mass is 10.3. The first-order valence-electron chi connectivity index (χ1n) is 4.67. The number of aromatic amines is 1. The van der Waals surface area contributed by atoms with E-state index in [4.69, 9.17) is 5.73 Å². The summed E-state index contributed by atoms with van der Waals surface area (Å²) >= 11 is 0. The maximum Gasteiger partial charge on any atom is 0.389 e. The van der Waals surface area contributed by atoms with E-state index in [0.717, 1.165) is 0 Å². The number of halogens is 3. The molecule has 0 bridgehead atoms. The van der Waals surface area contributed by atoms with Gasteiger partial charge in [0.2, 0.25) is 0 Å². The van der Waals surface area contributed by atoms with Gasteiger partial charge >= 0.3 is 6.18 Å². The Bertz CT molecular complexity index is 359. The molecule has 0 unspecified atom stereocenters. The second-order valence-corrected chi connectivity index (χ2v) is 3.32. The first-order valence-corrected chi connectivity index (χ1v) is 4.67. The molecule has 1 aromatic heterocycles. The van der Waals surface area contributed by atoms with Gasteiger partial charge in [0.1, 0.15) is 5.69 Å². The first kappa shape index (κ1) is 12.4. The van der Waals surface area contributed by atoms with Crippen LogP contribution in [-0.4, -0.2) is 23.6 Å². The van der Waals surface area contributed by atoms with Gasteiger partial charge in [-0.3, -0.25) is 4.79 Å². The van der Waals surface area contributed by atoms with E-state index < -0.39 is 18.5 Å². The molecular weight excluding hydrogens is 223 g/mol. The van der Waals surface area contributed by atoms with E-state index in [1.165, 1.54) is 12.3 Å². The van der Waals surface area contributed by atoms with Gasteiger partial charge in [-0.1, -0.05) is 0 Å². The third kappa shape index (κ3) is 4.24. The molecule has 7 heteroatoms. The summed E-state index contributed by atoms with van der Waals surface area (Å²) in [6.45, 7) is -0.0166. The molecule has 0 aliphatic rings. The van der Waals surface area contributed by atoms with Crippen LogP contribution in [0.4, 0.5) is 18.9 Å². The molecule has 1 heterocycles. The van der Waals surface area contributed by atoms with Crippen LogP contribution in [0.1, 0.15) is 23.3 Å². The van der Waals surface area contributed by atoms with Crippen LogP contribution in [0, 0.1) is 0 Å². The highest BCUT2D eigenvalue weighted by molar-refractivity contribution is 5.93. The van der Waals surface area contributed by atoms with Crippen molar-refractivity contribution in [3.8, 4) is 0 Å². The van der Waals surface area contributed by atoms with Gasteiger partial charge in [-0.15, -0.1) is 0 Å². The van der Waals surface area contributed by atoms with Crippen molar-refractivity contribution >= 4 is 11.6 Å². The van der Waals surface area contributed by atoms with Crippen molar-refractivity contribution in [2.45, 2.75) is 19.0 Å². The summed E-state index contributed by atoms with van der Waals surface area (Å²) in [6, 6.07) is 1.42. The number of aromatic nitrogens is 1. The lowest BCUT2D eigenvalue weighted by molar-refractivity contribution is -0.135. The second kappa shape index (κ2) is 4.91. The first-order chi connectivity index (χ1) is 7.38. The normalized spacial score (nSPS) is 11.4. The molecule has 4 nitrogen and oxygen atoms in total. The zero-order valence-electron chi connectivity index (χ0n) is 8.40. The number of rotatable bonds is 4. The maximum absolute atomic E-state index is 11.8. The largest absolute Gasteiger partial charge is 0.397 e. The van der Waals surface area contributed by atoms with Crippen LogP contribution in [0.5, 0.6) is 0 Å². The van der Waals surface area contributed by atoms with Crippen molar-refractivity contribution in [2.75, 3.05) is 12.3 Å². The van der Waals surface area contributed by atoms with Gasteiger partial charge in [0.25, 0.3) is 5.91 Å². The Morgan fingerprint density at radius 3 is 2.69 bits per heavy atom. The van der Waals surface area contributed by atoms with Gasteiger partial charge in [-0.05, 0) is 12.5 Å². The highest BCUT2D eigenvalue weighted by Gasteiger charge is 2.26. The molecule has 0 aromatic carbocycles. The molecule has 0 radical (unpaired) electrons. The van der Waals surface area contributed by atoms with Crippen molar-refractivity contribution in [2.24, 2.45) is 0 Å². The molecule has 0 saturated carbocycles. The molecule has 1 aromatic rings. The van der Waals surface area contributed by atoms with Gasteiger partial charge in [-0.2, -0.15) is 13.2 Å². The van der Waals surface area contributed by atoms with E-state index in [9.17, 15) is 18.0 Å². The molecule has 1 rings (SSSR count). The predicted octanol–water partition coefficient (Wildman–Crippen LogP) is 1.67. The fourth-order valence-corrected chi connectivity index (χ4v) is 1.13. The molecule has 0 fully saturated rings. The monoisotopic (exact) mass is 235 g/mol. The fourth-order valence-electron chi connectivity index (χ4n) is 1.13. The van der Waals surface area contributed by atoms with Gasteiger partial charge < -0.3 is 16.0 Å². The highest BCUT2D eigenvalue weighted by Crippen LogP contribution is 2.20. The Labute approximate surface area is 90.0 Å². The van der Waals surface area contributed by atoms with Crippen LogP contribution in [0.15, 0.2) is 12.3 Å². The molecule has 0 spiro atoms. The van der Waals surface area contributed by atoms with Crippen molar-refractivity contribution in [3.63, 3.8) is 0 Å². The number of anilines is 1. The minimum atomic E-state index is -4.18. The molecule has 4 N–H and O–H groups in total. The summed E-state index contributed by atoms with van der Waals surface area (Å²) < 4.78 is 35.3. The summed E-state index contributed by atoms with van der Waals surface area (Å²) in [7, 11) is 0. The number of nitrogens with two attached hydrogens (primary N) is 1. The van der Waals surface area contributed by atoms with E-state index in [2.05, 4.69) is 10.3 Å². The molecule has 16 heavy (non-hydrogen) atoms. The summed E-state index contributed by atoms with van der Waals surface area (Å²) in [5, 5.41) is 2.36. The number of nitrogen functional groups attached to an aromatic ring is 1. The summed E-state index contributed by atoms with van der Waals surface area (Å²) in [5.41, 5.74) is 6.01.